The van der Waals surface area contributed by atoms with Crippen molar-refractivity contribution in [3.8, 4) is 11.5 Å². The van der Waals surface area contributed by atoms with Crippen LogP contribution < -0.4 is 25.0 Å². The average Bonchev–Trinajstić information content (AvgIpc) is 3.51. The number of ketones is 1. The summed E-state index contributed by atoms with van der Waals surface area (Å²) in [5, 5.41) is 5.67. The number of aliphatic imine (C=N–C) groups is 1. The molecule has 0 aromatic heterocycles. The molecule has 2 N–H and O–H groups in total. The first-order valence-corrected chi connectivity index (χ1v) is 23.1. The number of carbonyl (C=O) groups is 5. The molecule has 3 amide bonds. The van der Waals surface area contributed by atoms with Crippen LogP contribution in [-0.4, -0.2) is 70.3 Å². The number of unbranched alkanes of at least 4 members (excludes halogenated alkanes) is 1. The first-order valence-electron chi connectivity index (χ1n) is 20.2. The number of Topliss-reactive ketones (excluding diaryl/α,β-unsaturated/α-hetero) is 1. The summed E-state index contributed by atoms with van der Waals surface area (Å²) >= 11 is 0. The van der Waals surface area contributed by atoms with Crippen LogP contribution >= 0.6 is 0 Å². The molecule has 0 radical (unpaired) electrons. The van der Waals surface area contributed by atoms with Crippen molar-refractivity contribution in [2.75, 3.05) is 24.4 Å². The lowest BCUT2D eigenvalue weighted by Gasteiger charge is -2.36. The lowest BCUT2D eigenvalue weighted by molar-refractivity contribution is -0.140. The molecule has 5 rings (SSSR count). The van der Waals surface area contributed by atoms with Crippen molar-refractivity contribution in [1.29, 1.82) is 0 Å². The number of methoxy groups -OCH3 is 2. The van der Waals surface area contributed by atoms with Crippen LogP contribution in [0.3, 0.4) is 0 Å². The van der Waals surface area contributed by atoms with Gasteiger partial charge in [-0.1, -0.05) is 45.9 Å². The molecule has 0 bridgehead atoms. The lowest BCUT2D eigenvalue weighted by atomic mass is 9.99. The quantitative estimate of drug-likeness (QED) is 0.0739. The summed E-state index contributed by atoms with van der Waals surface area (Å²) in [4.78, 5) is 70.7. The van der Waals surface area contributed by atoms with Crippen LogP contribution in [0, 0.1) is 5.92 Å². The van der Waals surface area contributed by atoms with Gasteiger partial charge in [-0.3, -0.25) is 33.9 Å². The van der Waals surface area contributed by atoms with E-state index in [2.05, 4.69) is 49.2 Å². The van der Waals surface area contributed by atoms with Crippen LogP contribution in [0.15, 0.2) is 59.6 Å². The Morgan fingerprint density at radius 3 is 2.32 bits per heavy atom. The molecule has 3 aromatic carbocycles. The van der Waals surface area contributed by atoms with Gasteiger partial charge in [0.2, 0.25) is 11.8 Å². The van der Waals surface area contributed by atoms with Gasteiger partial charge in [-0.05, 0) is 84.9 Å². The number of fused-ring (bicyclic) bond motifs is 4. The summed E-state index contributed by atoms with van der Waals surface area (Å²) in [5.41, 5.74) is 4.97. The van der Waals surface area contributed by atoms with Crippen LogP contribution in [0.2, 0.25) is 18.1 Å². The molecule has 3 atom stereocenters. The molecule has 316 valence electrons. The van der Waals surface area contributed by atoms with Crippen molar-refractivity contribution in [3.05, 3.63) is 76.9 Å². The number of anilines is 2. The van der Waals surface area contributed by atoms with Gasteiger partial charge in [0.25, 0.3) is 5.91 Å². The number of carbonyl (C=O) groups excluding carboxylic acids is 5. The molecular weight excluding hydrogens is 769 g/mol. The number of hydrogen-bond donors (Lipinski definition) is 2. The number of benzene rings is 3. The van der Waals surface area contributed by atoms with Gasteiger partial charge < -0.3 is 29.3 Å². The predicted octanol–water partition coefficient (Wildman–Crippen LogP) is 7.86. The molecule has 2 heterocycles. The summed E-state index contributed by atoms with van der Waals surface area (Å²) in [7, 11) is 0.712. The molecule has 14 heteroatoms. The standard InChI is InChI=1S/C45H58N4O9Si/c1-28(18-38(50)29(2)47-41(51)16-12-13-17-42(52)56-7)43(53)48-33-20-30(19-31(21-33)27-58-59(8,9)45(3,4)5)26-57-40-24-36-35(23-39(40)55-6)44(54)49-34(25-46-36)22-32-14-10-11-15-37(32)49/h10-11,14-15,19-21,23-25,28-29,34H,12-13,16-18,22,26-27H2,1-9H3,(H,47,51)(H,48,53)/t28-,29+,34+/m1/s1. The minimum atomic E-state index is -2.13. The maximum Gasteiger partial charge on any atom is 0.305 e. The van der Waals surface area contributed by atoms with E-state index in [0.29, 0.717) is 54.3 Å². The van der Waals surface area contributed by atoms with Crippen LogP contribution in [-0.2, 0) is 48.0 Å². The topological polar surface area (TPSA) is 162 Å². The highest BCUT2D eigenvalue weighted by molar-refractivity contribution is 6.74. The molecule has 0 spiro atoms. The molecule has 0 saturated carbocycles. The third-order valence-electron chi connectivity index (χ3n) is 11.3. The number of hydrogen-bond acceptors (Lipinski definition) is 10. The van der Waals surface area contributed by atoms with Gasteiger partial charge in [0.05, 0.1) is 44.2 Å². The van der Waals surface area contributed by atoms with Crippen molar-refractivity contribution < 1.29 is 42.6 Å². The monoisotopic (exact) mass is 826 g/mol. The second kappa shape index (κ2) is 19.2. The fourth-order valence-electron chi connectivity index (χ4n) is 6.72. The van der Waals surface area contributed by atoms with E-state index in [-0.39, 0.29) is 66.4 Å². The number of amides is 3. The van der Waals surface area contributed by atoms with Crippen LogP contribution in [0.25, 0.3) is 0 Å². The Morgan fingerprint density at radius 2 is 1.63 bits per heavy atom. The van der Waals surface area contributed by atoms with E-state index in [9.17, 15) is 24.0 Å². The van der Waals surface area contributed by atoms with Gasteiger partial charge >= 0.3 is 5.97 Å². The third kappa shape index (κ3) is 11.2. The second-order valence-electron chi connectivity index (χ2n) is 16.9. The maximum absolute atomic E-state index is 13.9. The first-order chi connectivity index (χ1) is 27.9. The summed E-state index contributed by atoms with van der Waals surface area (Å²) in [6, 6.07) is 15.9. The van der Waals surface area contributed by atoms with Crippen molar-refractivity contribution in [2.24, 2.45) is 10.9 Å². The first kappa shape index (κ1) is 44.8. The van der Waals surface area contributed by atoms with Crippen molar-refractivity contribution >= 4 is 61.1 Å². The van der Waals surface area contributed by atoms with Crippen molar-refractivity contribution in [1.82, 2.24) is 5.32 Å². The lowest BCUT2D eigenvalue weighted by Crippen LogP contribution is -2.40. The minimum absolute atomic E-state index is 0.0152. The fraction of sp³-hybridized carbons (Fsp3) is 0.467. The predicted molar refractivity (Wildman–Crippen MR) is 230 cm³/mol. The Morgan fingerprint density at radius 1 is 0.932 bits per heavy atom. The van der Waals surface area contributed by atoms with E-state index in [1.54, 1.807) is 30.9 Å². The number of para-hydroxylation sites is 1. The molecule has 0 aliphatic carbocycles. The van der Waals surface area contributed by atoms with Gasteiger partial charge in [0.15, 0.2) is 25.6 Å². The summed E-state index contributed by atoms with van der Waals surface area (Å²) in [5.74, 6) is -1.32. The summed E-state index contributed by atoms with van der Waals surface area (Å²) in [6.45, 7) is 14.6. The number of esters is 1. The highest BCUT2D eigenvalue weighted by atomic mass is 28.4. The molecule has 59 heavy (non-hydrogen) atoms. The molecule has 2 aliphatic rings. The smallest absolute Gasteiger partial charge is 0.305 e. The van der Waals surface area contributed by atoms with Crippen LogP contribution in [0.5, 0.6) is 11.5 Å². The van der Waals surface area contributed by atoms with Gasteiger partial charge in [-0.25, -0.2) is 0 Å². The molecule has 0 unspecified atom stereocenters. The number of nitrogens with zero attached hydrogens (tertiary/aromatic N) is 2. The highest BCUT2D eigenvalue weighted by Gasteiger charge is 2.38. The average molecular weight is 827 g/mol. The molecular formula is C45H58N4O9Si. The van der Waals surface area contributed by atoms with E-state index in [4.69, 9.17) is 18.9 Å². The van der Waals surface area contributed by atoms with Gasteiger partial charge in [-0.2, -0.15) is 0 Å². The van der Waals surface area contributed by atoms with Gasteiger partial charge in [0.1, 0.15) is 6.61 Å². The van der Waals surface area contributed by atoms with E-state index < -0.39 is 20.3 Å². The van der Waals surface area contributed by atoms with E-state index in [1.807, 2.05) is 48.7 Å². The molecule has 2 aliphatic heterocycles. The van der Waals surface area contributed by atoms with Crippen LogP contribution in [0.4, 0.5) is 17.1 Å². The van der Waals surface area contributed by atoms with Gasteiger partial charge in [0, 0.05) is 55.3 Å². The zero-order valence-corrected chi connectivity index (χ0v) is 36.7. The fourth-order valence-corrected chi connectivity index (χ4v) is 7.68. The molecule has 0 fully saturated rings. The maximum atomic E-state index is 13.9. The molecule has 3 aromatic rings. The Kier molecular flexibility index (Phi) is 14.5. The Hall–Kier alpha value is -5.34. The second-order valence-corrected chi connectivity index (χ2v) is 21.7. The van der Waals surface area contributed by atoms with E-state index >= 15 is 0 Å². The summed E-state index contributed by atoms with van der Waals surface area (Å²) in [6.07, 6.45) is 3.81. The highest BCUT2D eigenvalue weighted by Crippen LogP contribution is 2.41. The largest absolute Gasteiger partial charge is 0.493 e. The normalized spacial score (nSPS) is 15.6. The molecule has 0 saturated heterocycles. The van der Waals surface area contributed by atoms with Crippen molar-refractivity contribution in [3.63, 3.8) is 0 Å². The van der Waals surface area contributed by atoms with Gasteiger partial charge in [-0.15, -0.1) is 0 Å². The number of ether oxygens (including phenoxy) is 3. The number of nitrogens with one attached hydrogen (secondary N) is 2. The van der Waals surface area contributed by atoms with E-state index in [0.717, 1.165) is 22.4 Å². The Labute approximate surface area is 348 Å². The third-order valence-corrected chi connectivity index (χ3v) is 15.8. The molecule has 13 nitrogen and oxygen atoms in total. The minimum Gasteiger partial charge on any atom is -0.493 e. The Balaban J connectivity index is 1.29. The van der Waals surface area contributed by atoms with Crippen LogP contribution in [0.1, 0.15) is 93.8 Å². The van der Waals surface area contributed by atoms with Crippen molar-refractivity contribution in [2.45, 2.75) is 117 Å². The Bertz CT molecular complexity index is 2090. The summed E-state index contributed by atoms with van der Waals surface area (Å²) < 4.78 is 23.2. The zero-order valence-electron chi connectivity index (χ0n) is 35.7. The zero-order chi connectivity index (χ0) is 43.1. The van der Waals surface area contributed by atoms with E-state index in [1.165, 1.54) is 14.2 Å². The number of rotatable bonds is 18. The SMILES string of the molecule is COC(=O)CCCCC(=O)N[C@@H](C)C(=O)C[C@@H](C)C(=O)Nc1cc(COc2cc3c(cc2OC)C(=O)N2c4ccccc4C[C@H]2C=N3)cc(CO[Si](C)(C)C(C)(C)C)c1.